The van der Waals surface area contributed by atoms with Crippen molar-refractivity contribution in [1.29, 1.82) is 0 Å². The summed E-state index contributed by atoms with van der Waals surface area (Å²) in [6.45, 7) is 4.06. The summed E-state index contributed by atoms with van der Waals surface area (Å²) >= 11 is 1.38. The van der Waals surface area contributed by atoms with E-state index in [0.717, 1.165) is 38.4 Å². The minimum absolute atomic E-state index is 0.249. The molecule has 5 N–H and O–H groups in total. The number of aryl methyl sites for hydroxylation is 1. The average Bonchev–Trinajstić information content (AvgIpc) is 3.25. The van der Waals surface area contributed by atoms with Crippen molar-refractivity contribution in [3.05, 3.63) is 47.7 Å². The maximum Gasteiger partial charge on any atom is 0.241 e. The van der Waals surface area contributed by atoms with Gasteiger partial charge in [-0.25, -0.2) is 0 Å². The Hall–Kier alpha value is -3.43. The zero-order chi connectivity index (χ0) is 23.4. The van der Waals surface area contributed by atoms with E-state index in [1.807, 2.05) is 26.0 Å². The van der Waals surface area contributed by atoms with Crippen LogP contribution in [0.15, 0.2) is 36.5 Å². The van der Waals surface area contributed by atoms with Crippen LogP contribution in [0.25, 0.3) is 21.6 Å². The second-order valence-electron chi connectivity index (χ2n) is 7.37. The van der Waals surface area contributed by atoms with Crippen molar-refractivity contribution >= 4 is 29.0 Å². The largest absolute Gasteiger partial charge is 0.496 e. The number of methoxy groups -OCH3 is 2. The topological polar surface area (TPSA) is 130 Å². The molecule has 168 valence electrons. The molecule has 3 aromatic rings. The van der Waals surface area contributed by atoms with Crippen LogP contribution in [0.3, 0.4) is 0 Å². The zero-order valence-corrected chi connectivity index (χ0v) is 19.2. The standard InChI is InChI=1S/C23H26N4O4S/c1-12-7-15(9-20(31-4)13(12)2)22-16(11-26-32-22)14-5-6-19(30-3)18(8-14)27-23(29)17(24)10-21(25)28/h5-9,11,17H,10,24H2,1-4H3,(H2,25,28)(H,27,29)/t17-/m1/s1. The molecule has 0 saturated carbocycles. The number of nitrogens with zero attached hydrogens (tertiary/aromatic N) is 1. The fraction of sp³-hybridized carbons (Fsp3) is 0.261. The Morgan fingerprint density at radius 2 is 1.81 bits per heavy atom. The summed E-state index contributed by atoms with van der Waals surface area (Å²) in [4.78, 5) is 24.5. The molecule has 3 rings (SSSR count). The molecule has 0 aliphatic heterocycles. The highest BCUT2D eigenvalue weighted by Crippen LogP contribution is 2.40. The third kappa shape index (κ3) is 4.90. The number of benzene rings is 2. The van der Waals surface area contributed by atoms with E-state index >= 15 is 0 Å². The maximum atomic E-state index is 12.4. The number of primary amides is 1. The molecule has 0 aliphatic carbocycles. The molecule has 0 spiro atoms. The number of aromatic nitrogens is 1. The van der Waals surface area contributed by atoms with Crippen LogP contribution >= 0.6 is 11.5 Å². The van der Waals surface area contributed by atoms with Crippen LogP contribution in [0.2, 0.25) is 0 Å². The number of carbonyl (C=O) groups is 2. The highest BCUT2D eigenvalue weighted by molar-refractivity contribution is 7.10. The van der Waals surface area contributed by atoms with Crippen molar-refractivity contribution in [2.45, 2.75) is 26.3 Å². The Bertz CT molecular complexity index is 1160. The van der Waals surface area contributed by atoms with E-state index in [0.29, 0.717) is 11.4 Å². The summed E-state index contributed by atoms with van der Waals surface area (Å²) in [7, 11) is 3.16. The Labute approximate surface area is 190 Å². The Balaban J connectivity index is 2.00. The maximum absolute atomic E-state index is 12.4. The summed E-state index contributed by atoms with van der Waals surface area (Å²) in [6.07, 6.45) is 1.54. The smallest absolute Gasteiger partial charge is 0.241 e. The van der Waals surface area contributed by atoms with Crippen molar-refractivity contribution in [3.63, 3.8) is 0 Å². The molecular formula is C23H26N4O4S. The quantitative estimate of drug-likeness (QED) is 0.479. The van der Waals surface area contributed by atoms with E-state index < -0.39 is 17.9 Å². The first kappa shape index (κ1) is 23.2. The van der Waals surface area contributed by atoms with Crippen LogP contribution in [0.5, 0.6) is 11.5 Å². The minimum atomic E-state index is -1.05. The van der Waals surface area contributed by atoms with Crippen LogP contribution in [-0.2, 0) is 9.59 Å². The molecule has 8 nitrogen and oxygen atoms in total. The van der Waals surface area contributed by atoms with E-state index in [9.17, 15) is 9.59 Å². The van der Waals surface area contributed by atoms with Gasteiger partial charge in [0, 0.05) is 11.8 Å². The van der Waals surface area contributed by atoms with Crippen molar-refractivity contribution < 1.29 is 19.1 Å². The lowest BCUT2D eigenvalue weighted by Crippen LogP contribution is -2.39. The number of hydrogen-bond donors (Lipinski definition) is 3. The van der Waals surface area contributed by atoms with Gasteiger partial charge in [0.05, 0.1) is 37.2 Å². The van der Waals surface area contributed by atoms with Gasteiger partial charge in [0.15, 0.2) is 0 Å². The second-order valence-corrected chi connectivity index (χ2v) is 8.17. The minimum Gasteiger partial charge on any atom is -0.496 e. The summed E-state index contributed by atoms with van der Waals surface area (Å²) in [5.74, 6) is 0.101. The average molecular weight is 455 g/mol. The lowest BCUT2D eigenvalue weighted by molar-refractivity contribution is -0.123. The zero-order valence-electron chi connectivity index (χ0n) is 18.4. The summed E-state index contributed by atoms with van der Waals surface area (Å²) in [5, 5.41) is 2.73. The number of rotatable bonds is 8. The van der Waals surface area contributed by atoms with E-state index in [1.165, 1.54) is 18.6 Å². The Morgan fingerprint density at radius 1 is 1.09 bits per heavy atom. The van der Waals surface area contributed by atoms with Crippen LogP contribution in [-0.4, -0.2) is 36.4 Å². The normalized spacial score (nSPS) is 11.7. The monoisotopic (exact) mass is 454 g/mol. The van der Waals surface area contributed by atoms with Crippen molar-refractivity contribution in [3.8, 4) is 33.1 Å². The molecule has 0 unspecified atom stereocenters. The molecule has 2 amide bonds. The van der Waals surface area contributed by atoms with Gasteiger partial charge in [-0.3, -0.25) is 9.59 Å². The van der Waals surface area contributed by atoms with Gasteiger partial charge in [0.2, 0.25) is 11.8 Å². The summed E-state index contributed by atoms with van der Waals surface area (Å²) < 4.78 is 15.3. The molecule has 0 radical (unpaired) electrons. The Morgan fingerprint density at radius 3 is 2.47 bits per heavy atom. The van der Waals surface area contributed by atoms with Gasteiger partial charge in [0.1, 0.15) is 11.5 Å². The van der Waals surface area contributed by atoms with E-state index in [4.69, 9.17) is 20.9 Å². The number of amides is 2. The summed E-state index contributed by atoms with van der Waals surface area (Å²) in [5.41, 5.74) is 16.3. The Kier molecular flexibility index (Phi) is 7.12. The molecule has 0 bridgehead atoms. The van der Waals surface area contributed by atoms with Crippen molar-refractivity contribution in [2.24, 2.45) is 11.5 Å². The number of nitrogens with one attached hydrogen (secondary N) is 1. The lowest BCUT2D eigenvalue weighted by atomic mass is 9.99. The molecule has 1 aromatic heterocycles. The fourth-order valence-corrected chi connectivity index (χ4v) is 4.09. The molecule has 0 aliphatic rings. The molecule has 0 saturated heterocycles. The lowest BCUT2D eigenvalue weighted by Gasteiger charge is -2.15. The second kappa shape index (κ2) is 9.80. The molecular weight excluding hydrogens is 428 g/mol. The molecule has 9 heteroatoms. The van der Waals surface area contributed by atoms with Gasteiger partial charge in [-0.05, 0) is 65.8 Å². The van der Waals surface area contributed by atoms with Gasteiger partial charge in [-0.1, -0.05) is 12.1 Å². The number of ether oxygens (including phenoxy) is 2. The van der Waals surface area contributed by atoms with Crippen LogP contribution in [0.1, 0.15) is 17.5 Å². The number of carbonyl (C=O) groups excluding carboxylic acids is 2. The predicted octanol–water partition coefficient (Wildman–Crippen LogP) is 3.25. The van der Waals surface area contributed by atoms with Gasteiger partial charge in [-0.2, -0.15) is 4.37 Å². The molecule has 1 atom stereocenters. The van der Waals surface area contributed by atoms with Gasteiger partial charge < -0.3 is 26.3 Å². The summed E-state index contributed by atoms with van der Waals surface area (Å²) in [6, 6.07) is 8.48. The molecule has 2 aromatic carbocycles. The number of hydrogen-bond acceptors (Lipinski definition) is 7. The van der Waals surface area contributed by atoms with Crippen LogP contribution in [0.4, 0.5) is 5.69 Å². The molecule has 32 heavy (non-hydrogen) atoms. The first-order valence-electron chi connectivity index (χ1n) is 9.88. The van der Waals surface area contributed by atoms with Crippen LogP contribution < -0.4 is 26.3 Å². The first-order valence-corrected chi connectivity index (χ1v) is 10.7. The SMILES string of the molecule is COc1ccc(-c2cnsc2-c2cc(C)c(C)c(OC)c2)cc1NC(=O)[C@H](N)CC(N)=O. The van der Waals surface area contributed by atoms with Crippen molar-refractivity contribution in [1.82, 2.24) is 4.37 Å². The molecule has 0 fully saturated rings. The first-order chi connectivity index (χ1) is 15.2. The highest BCUT2D eigenvalue weighted by Gasteiger charge is 2.19. The van der Waals surface area contributed by atoms with E-state index in [2.05, 4.69) is 15.8 Å². The third-order valence-corrected chi connectivity index (χ3v) is 6.05. The molecule has 1 heterocycles. The predicted molar refractivity (Wildman–Crippen MR) is 126 cm³/mol. The fourth-order valence-electron chi connectivity index (χ4n) is 3.33. The van der Waals surface area contributed by atoms with Gasteiger partial charge >= 0.3 is 0 Å². The van der Waals surface area contributed by atoms with Crippen LogP contribution in [0, 0.1) is 13.8 Å². The number of anilines is 1. The van der Waals surface area contributed by atoms with E-state index in [-0.39, 0.29) is 6.42 Å². The van der Waals surface area contributed by atoms with Gasteiger partial charge in [-0.15, -0.1) is 0 Å². The van der Waals surface area contributed by atoms with E-state index in [1.54, 1.807) is 25.4 Å². The van der Waals surface area contributed by atoms with Gasteiger partial charge in [0.25, 0.3) is 0 Å². The number of nitrogens with two attached hydrogens (primary N) is 2. The third-order valence-electron chi connectivity index (χ3n) is 5.20. The highest BCUT2D eigenvalue weighted by atomic mass is 32.1. The van der Waals surface area contributed by atoms with Crippen molar-refractivity contribution in [2.75, 3.05) is 19.5 Å².